The van der Waals surface area contributed by atoms with Crippen molar-refractivity contribution in [1.82, 2.24) is 9.97 Å². The zero-order valence-electron chi connectivity index (χ0n) is 9.97. The van der Waals surface area contributed by atoms with Gasteiger partial charge >= 0.3 is 16.8 Å². The van der Waals surface area contributed by atoms with Crippen molar-refractivity contribution in [2.45, 2.75) is 0 Å². The van der Waals surface area contributed by atoms with Gasteiger partial charge in [0.2, 0.25) is 5.75 Å². The number of benzene rings is 1. The van der Waals surface area contributed by atoms with E-state index in [1.165, 1.54) is 20.3 Å². The third-order valence-corrected chi connectivity index (χ3v) is 2.52. The lowest BCUT2D eigenvalue weighted by molar-refractivity contribution is -0.384. The first-order valence-corrected chi connectivity index (χ1v) is 5.05. The summed E-state index contributed by atoms with van der Waals surface area (Å²) in [4.78, 5) is 37.3. The van der Waals surface area contributed by atoms with E-state index >= 15 is 0 Å². The second-order valence-corrected chi connectivity index (χ2v) is 3.55. The van der Waals surface area contributed by atoms with Crippen LogP contribution < -0.4 is 20.6 Å². The Morgan fingerprint density at radius 3 is 2.32 bits per heavy atom. The van der Waals surface area contributed by atoms with Crippen LogP contribution in [0.2, 0.25) is 0 Å². The Kier molecular flexibility index (Phi) is 2.95. The van der Waals surface area contributed by atoms with Crippen molar-refractivity contribution in [2.75, 3.05) is 14.2 Å². The lowest BCUT2D eigenvalue weighted by atomic mass is 10.2. The predicted octanol–water partition coefficient (Wildman–Crippen LogP) is 0.142. The van der Waals surface area contributed by atoms with Gasteiger partial charge in [-0.2, -0.15) is 0 Å². The molecule has 0 saturated carbocycles. The van der Waals surface area contributed by atoms with Crippen LogP contribution in [0.25, 0.3) is 11.0 Å². The lowest BCUT2D eigenvalue weighted by Crippen LogP contribution is -2.29. The van der Waals surface area contributed by atoms with Gasteiger partial charge in [0.15, 0.2) is 5.75 Å². The molecule has 19 heavy (non-hydrogen) atoms. The van der Waals surface area contributed by atoms with Gasteiger partial charge in [0.05, 0.1) is 24.7 Å². The summed E-state index contributed by atoms with van der Waals surface area (Å²) in [6, 6.07) is 1.33. The van der Waals surface area contributed by atoms with Gasteiger partial charge in [-0.25, -0.2) is 0 Å². The number of fused-ring (bicyclic) bond motifs is 1. The van der Waals surface area contributed by atoms with Gasteiger partial charge in [0, 0.05) is 6.07 Å². The number of nitrogens with zero attached hydrogens (tertiary/aromatic N) is 1. The van der Waals surface area contributed by atoms with Crippen LogP contribution in [0.4, 0.5) is 5.69 Å². The van der Waals surface area contributed by atoms with Gasteiger partial charge in [0.25, 0.3) is 0 Å². The molecule has 0 fully saturated rings. The van der Waals surface area contributed by atoms with Gasteiger partial charge < -0.3 is 19.4 Å². The van der Waals surface area contributed by atoms with E-state index in [-0.39, 0.29) is 22.5 Å². The summed E-state index contributed by atoms with van der Waals surface area (Å²) < 4.78 is 9.89. The molecule has 2 rings (SSSR count). The van der Waals surface area contributed by atoms with Crippen molar-refractivity contribution in [3.05, 3.63) is 36.9 Å². The molecule has 100 valence electrons. The van der Waals surface area contributed by atoms with Crippen molar-refractivity contribution in [1.29, 1.82) is 0 Å². The van der Waals surface area contributed by atoms with E-state index in [9.17, 15) is 19.7 Å². The third kappa shape index (κ3) is 1.90. The minimum absolute atomic E-state index is 0.0735. The number of rotatable bonds is 3. The van der Waals surface area contributed by atoms with Crippen molar-refractivity contribution in [2.24, 2.45) is 0 Å². The number of aromatic nitrogens is 2. The highest BCUT2D eigenvalue weighted by molar-refractivity contribution is 5.89. The predicted molar refractivity (Wildman–Crippen MR) is 64.9 cm³/mol. The molecule has 2 aromatic rings. The molecule has 0 amide bonds. The van der Waals surface area contributed by atoms with Crippen LogP contribution in [0.3, 0.4) is 0 Å². The zero-order valence-corrected chi connectivity index (χ0v) is 9.97. The Balaban J connectivity index is 3.05. The summed E-state index contributed by atoms with van der Waals surface area (Å²) in [5.41, 5.74) is -2.43. The second-order valence-electron chi connectivity index (χ2n) is 3.55. The molecule has 0 aliphatic carbocycles. The molecule has 0 radical (unpaired) electrons. The van der Waals surface area contributed by atoms with E-state index < -0.39 is 21.7 Å². The Labute approximate surface area is 104 Å². The average Bonchev–Trinajstić information content (AvgIpc) is 2.37. The molecule has 0 bridgehead atoms. The SMILES string of the molecule is COc1cc2[nH]c(=O)c(=O)[nH]c2c([N+](=O)[O-])c1OC. The maximum absolute atomic E-state index is 11.3. The molecule has 0 aliphatic heterocycles. The highest BCUT2D eigenvalue weighted by Gasteiger charge is 2.26. The monoisotopic (exact) mass is 267 g/mol. The second kappa shape index (κ2) is 4.44. The minimum Gasteiger partial charge on any atom is -0.493 e. The fraction of sp³-hybridized carbons (Fsp3) is 0.200. The van der Waals surface area contributed by atoms with Crippen LogP contribution in [-0.4, -0.2) is 29.1 Å². The highest BCUT2D eigenvalue weighted by Crippen LogP contribution is 2.40. The maximum atomic E-state index is 11.3. The number of hydrogen-bond donors (Lipinski definition) is 2. The first kappa shape index (κ1) is 12.6. The zero-order chi connectivity index (χ0) is 14.2. The van der Waals surface area contributed by atoms with Crippen molar-refractivity contribution < 1.29 is 14.4 Å². The molecular formula is C10H9N3O6. The number of H-pyrrole nitrogens is 2. The Morgan fingerprint density at radius 2 is 1.79 bits per heavy atom. The normalized spacial score (nSPS) is 10.4. The molecule has 9 nitrogen and oxygen atoms in total. The highest BCUT2D eigenvalue weighted by atomic mass is 16.6. The number of nitro benzene ring substituents is 1. The first-order chi connectivity index (χ1) is 8.99. The van der Waals surface area contributed by atoms with Gasteiger partial charge in [0.1, 0.15) is 5.52 Å². The van der Waals surface area contributed by atoms with Gasteiger partial charge in [-0.05, 0) is 0 Å². The number of hydrogen-bond acceptors (Lipinski definition) is 6. The summed E-state index contributed by atoms with van der Waals surface area (Å²) in [6.07, 6.45) is 0. The number of methoxy groups -OCH3 is 2. The Morgan fingerprint density at radius 1 is 1.16 bits per heavy atom. The average molecular weight is 267 g/mol. The van der Waals surface area contributed by atoms with Crippen molar-refractivity contribution in [3.8, 4) is 11.5 Å². The number of nitrogens with one attached hydrogen (secondary N) is 2. The first-order valence-electron chi connectivity index (χ1n) is 5.05. The maximum Gasteiger partial charge on any atom is 0.340 e. The molecular weight excluding hydrogens is 258 g/mol. The minimum atomic E-state index is -0.984. The van der Waals surface area contributed by atoms with Crippen LogP contribution in [0, 0.1) is 10.1 Å². The summed E-state index contributed by atoms with van der Waals surface area (Å²) in [6.45, 7) is 0. The molecule has 1 aromatic heterocycles. The fourth-order valence-electron chi connectivity index (χ4n) is 1.72. The number of ether oxygens (including phenoxy) is 2. The number of nitro groups is 1. The molecule has 0 spiro atoms. The van der Waals surface area contributed by atoms with Crippen LogP contribution in [0.15, 0.2) is 15.7 Å². The van der Waals surface area contributed by atoms with E-state index in [1.807, 2.05) is 0 Å². The van der Waals surface area contributed by atoms with Crippen LogP contribution in [0.5, 0.6) is 11.5 Å². The van der Waals surface area contributed by atoms with E-state index in [4.69, 9.17) is 9.47 Å². The molecule has 1 aromatic carbocycles. The van der Waals surface area contributed by atoms with Gasteiger partial charge in [-0.1, -0.05) is 0 Å². The van der Waals surface area contributed by atoms with E-state index in [2.05, 4.69) is 9.97 Å². The summed E-state index contributed by atoms with van der Waals surface area (Å²) in [5.74, 6) is -0.0629. The molecule has 0 saturated heterocycles. The Bertz CT molecular complexity index is 775. The van der Waals surface area contributed by atoms with Crippen LogP contribution >= 0.6 is 0 Å². The summed E-state index contributed by atoms with van der Waals surface area (Å²) in [5, 5.41) is 11.1. The standard InChI is InChI=1S/C10H9N3O6/c1-18-5-3-4-6(12-10(15)9(14)11-4)7(13(16)17)8(5)19-2/h3H,1-2H3,(H,11,14)(H,12,15). The molecule has 2 N–H and O–H groups in total. The smallest absolute Gasteiger partial charge is 0.340 e. The van der Waals surface area contributed by atoms with E-state index in [0.717, 1.165) is 0 Å². The lowest BCUT2D eigenvalue weighted by Gasteiger charge is -2.09. The third-order valence-electron chi connectivity index (χ3n) is 2.52. The molecule has 1 heterocycles. The summed E-state index contributed by atoms with van der Waals surface area (Å²) in [7, 11) is 2.54. The van der Waals surface area contributed by atoms with Gasteiger partial charge in [-0.3, -0.25) is 19.7 Å². The number of aromatic amines is 2. The van der Waals surface area contributed by atoms with Crippen LogP contribution in [0.1, 0.15) is 0 Å². The molecule has 9 heteroatoms. The van der Waals surface area contributed by atoms with Gasteiger partial charge in [-0.15, -0.1) is 0 Å². The molecule has 0 aliphatic rings. The quantitative estimate of drug-likeness (QED) is 0.462. The topological polar surface area (TPSA) is 127 Å². The molecule has 0 atom stereocenters. The van der Waals surface area contributed by atoms with E-state index in [0.29, 0.717) is 0 Å². The van der Waals surface area contributed by atoms with Crippen molar-refractivity contribution >= 4 is 16.7 Å². The van der Waals surface area contributed by atoms with Crippen LogP contribution in [-0.2, 0) is 0 Å². The van der Waals surface area contributed by atoms with E-state index in [1.54, 1.807) is 0 Å². The molecule has 0 unspecified atom stereocenters. The Hall–Kier alpha value is -2.84. The van der Waals surface area contributed by atoms with Crippen molar-refractivity contribution in [3.63, 3.8) is 0 Å². The summed E-state index contributed by atoms with van der Waals surface area (Å²) >= 11 is 0. The largest absolute Gasteiger partial charge is 0.493 e. The fourth-order valence-corrected chi connectivity index (χ4v) is 1.72.